The molecule has 1 saturated carbocycles. The van der Waals surface area contributed by atoms with Crippen LogP contribution in [0, 0.1) is 0 Å². The molecule has 1 N–H and O–H groups in total. The maximum atomic E-state index is 3.59. The van der Waals surface area contributed by atoms with Crippen molar-refractivity contribution in [3.05, 3.63) is 0 Å². The minimum atomic E-state index is 0.895. The average Bonchev–Trinajstić information content (AvgIpc) is 3.15. The summed E-state index contributed by atoms with van der Waals surface area (Å²) in [6.07, 6.45) is 14.3. The van der Waals surface area contributed by atoms with Crippen LogP contribution in [0.2, 0.25) is 0 Å². The van der Waals surface area contributed by atoms with Crippen LogP contribution in [-0.2, 0) is 0 Å². The van der Waals surface area contributed by atoms with Crippen LogP contribution in [0.15, 0.2) is 0 Å². The first-order valence-electron chi connectivity index (χ1n) is 7.91. The van der Waals surface area contributed by atoms with E-state index in [1.54, 1.807) is 0 Å². The lowest BCUT2D eigenvalue weighted by Crippen LogP contribution is -2.25. The van der Waals surface area contributed by atoms with Gasteiger partial charge < -0.3 is 10.2 Å². The van der Waals surface area contributed by atoms with E-state index in [4.69, 9.17) is 0 Å². The lowest BCUT2D eigenvalue weighted by Gasteiger charge is -2.19. The van der Waals surface area contributed by atoms with Gasteiger partial charge in [-0.2, -0.15) is 0 Å². The van der Waals surface area contributed by atoms with E-state index in [1.165, 1.54) is 90.4 Å². The van der Waals surface area contributed by atoms with Crippen molar-refractivity contribution in [1.29, 1.82) is 0 Å². The molecule has 1 saturated heterocycles. The molecule has 1 heterocycles. The Morgan fingerprint density at radius 3 is 2.24 bits per heavy atom. The molecule has 0 aromatic heterocycles. The normalized spacial score (nSPS) is 22.6. The summed E-state index contributed by atoms with van der Waals surface area (Å²) in [5, 5.41) is 3.59. The van der Waals surface area contributed by atoms with E-state index < -0.39 is 0 Å². The monoisotopic (exact) mass is 238 g/mol. The Balaban J connectivity index is 1.36. The molecule has 1 aliphatic heterocycles. The molecule has 0 aromatic carbocycles. The summed E-state index contributed by atoms with van der Waals surface area (Å²) in [6, 6.07) is 0.895. The number of hydrogen-bond acceptors (Lipinski definition) is 2. The van der Waals surface area contributed by atoms with Crippen molar-refractivity contribution in [1.82, 2.24) is 10.2 Å². The molecule has 0 aromatic rings. The van der Waals surface area contributed by atoms with Crippen molar-refractivity contribution in [2.45, 2.75) is 70.3 Å². The molecule has 0 bridgehead atoms. The molecule has 1 aliphatic carbocycles. The second-order valence-corrected chi connectivity index (χ2v) is 5.90. The Kier molecular flexibility index (Phi) is 6.36. The van der Waals surface area contributed by atoms with Crippen molar-refractivity contribution in [2.24, 2.45) is 0 Å². The Morgan fingerprint density at radius 1 is 0.824 bits per heavy atom. The van der Waals surface area contributed by atoms with Gasteiger partial charge in [-0.3, -0.25) is 0 Å². The topological polar surface area (TPSA) is 15.3 Å². The number of nitrogens with one attached hydrogen (secondary N) is 1. The quantitative estimate of drug-likeness (QED) is 0.653. The molecule has 100 valence electrons. The standard InChI is InChI=1S/C15H30N2/c1(5-11-16-15-9-10-15)2-6-12-17-13-7-3-4-8-14-17/h15-16H,1-14H2. The minimum Gasteiger partial charge on any atom is -0.314 e. The largest absolute Gasteiger partial charge is 0.314 e. The lowest BCUT2D eigenvalue weighted by atomic mass is 10.2. The summed E-state index contributed by atoms with van der Waals surface area (Å²) < 4.78 is 0. The van der Waals surface area contributed by atoms with Gasteiger partial charge in [-0.25, -0.2) is 0 Å². The number of likely N-dealkylation sites (tertiary alicyclic amines) is 1. The fraction of sp³-hybridized carbons (Fsp3) is 1.00. The van der Waals surface area contributed by atoms with Crippen LogP contribution in [0.1, 0.15) is 64.2 Å². The molecule has 0 radical (unpaired) electrons. The van der Waals surface area contributed by atoms with E-state index in [0.29, 0.717) is 0 Å². The van der Waals surface area contributed by atoms with Crippen molar-refractivity contribution < 1.29 is 0 Å². The lowest BCUT2D eigenvalue weighted by molar-refractivity contribution is 0.277. The maximum absolute atomic E-state index is 3.59. The molecule has 0 unspecified atom stereocenters. The first-order chi connectivity index (χ1) is 8.45. The minimum absolute atomic E-state index is 0.895. The third-order valence-electron chi connectivity index (χ3n) is 4.11. The van der Waals surface area contributed by atoms with Gasteiger partial charge >= 0.3 is 0 Å². The number of nitrogens with zero attached hydrogens (tertiary/aromatic N) is 1. The summed E-state index contributed by atoms with van der Waals surface area (Å²) in [7, 11) is 0. The van der Waals surface area contributed by atoms with Crippen LogP contribution in [0.5, 0.6) is 0 Å². The van der Waals surface area contributed by atoms with Crippen molar-refractivity contribution in [3.8, 4) is 0 Å². The molecule has 2 rings (SSSR count). The SMILES string of the molecule is C(CCCN1CCCCCC1)CCNC1CC1. The number of unbranched alkanes of at least 4 members (excludes halogenated alkanes) is 3. The Labute approximate surface area is 107 Å². The summed E-state index contributed by atoms with van der Waals surface area (Å²) in [5.41, 5.74) is 0. The third kappa shape index (κ3) is 6.42. The number of rotatable bonds is 8. The van der Waals surface area contributed by atoms with Crippen molar-refractivity contribution in [2.75, 3.05) is 26.2 Å². The molecular formula is C15H30N2. The van der Waals surface area contributed by atoms with Gasteiger partial charge in [-0.1, -0.05) is 25.7 Å². The average molecular weight is 238 g/mol. The third-order valence-corrected chi connectivity index (χ3v) is 4.11. The van der Waals surface area contributed by atoms with E-state index in [2.05, 4.69) is 10.2 Å². The summed E-state index contributed by atoms with van der Waals surface area (Å²) in [4.78, 5) is 2.69. The highest BCUT2D eigenvalue weighted by atomic mass is 15.1. The van der Waals surface area contributed by atoms with Gasteiger partial charge in [0.2, 0.25) is 0 Å². The molecule has 0 amide bonds. The Hall–Kier alpha value is -0.0800. The van der Waals surface area contributed by atoms with Crippen molar-refractivity contribution >= 4 is 0 Å². The molecule has 2 fully saturated rings. The van der Waals surface area contributed by atoms with Gasteiger partial charge in [0.1, 0.15) is 0 Å². The predicted octanol–water partition coefficient (Wildman–Crippen LogP) is 3.17. The van der Waals surface area contributed by atoms with Crippen molar-refractivity contribution in [3.63, 3.8) is 0 Å². The Morgan fingerprint density at radius 2 is 1.53 bits per heavy atom. The zero-order chi connectivity index (χ0) is 11.8. The van der Waals surface area contributed by atoms with Gasteiger partial charge in [-0.05, 0) is 64.7 Å². The number of hydrogen-bond donors (Lipinski definition) is 1. The smallest absolute Gasteiger partial charge is 0.00682 e. The van der Waals surface area contributed by atoms with Crippen LogP contribution in [0.3, 0.4) is 0 Å². The van der Waals surface area contributed by atoms with Gasteiger partial charge in [0.25, 0.3) is 0 Å². The zero-order valence-corrected chi connectivity index (χ0v) is 11.4. The van der Waals surface area contributed by atoms with E-state index in [-0.39, 0.29) is 0 Å². The van der Waals surface area contributed by atoms with Gasteiger partial charge in [-0.15, -0.1) is 0 Å². The molecule has 2 aliphatic rings. The second kappa shape index (κ2) is 8.10. The summed E-state index contributed by atoms with van der Waals surface area (Å²) in [5.74, 6) is 0. The molecule has 0 atom stereocenters. The summed E-state index contributed by atoms with van der Waals surface area (Å²) in [6.45, 7) is 5.34. The first-order valence-corrected chi connectivity index (χ1v) is 7.91. The highest BCUT2D eigenvalue weighted by Crippen LogP contribution is 2.18. The van der Waals surface area contributed by atoms with E-state index >= 15 is 0 Å². The van der Waals surface area contributed by atoms with E-state index in [1.807, 2.05) is 0 Å². The van der Waals surface area contributed by atoms with Crippen LogP contribution in [-0.4, -0.2) is 37.1 Å². The van der Waals surface area contributed by atoms with Gasteiger partial charge in [0.15, 0.2) is 0 Å². The van der Waals surface area contributed by atoms with Crippen LogP contribution in [0.4, 0.5) is 0 Å². The predicted molar refractivity (Wildman–Crippen MR) is 74.4 cm³/mol. The second-order valence-electron chi connectivity index (χ2n) is 5.90. The molecule has 2 nitrogen and oxygen atoms in total. The van der Waals surface area contributed by atoms with Crippen LogP contribution < -0.4 is 5.32 Å². The zero-order valence-electron chi connectivity index (χ0n) is 11.4. The molecule has 17 heavy (non-hydrogen) atoms. The van der Waals surface area contributed by atoms with Crippen LogP contribution >= 0.6 is 0 Å². The molecular weight excluding hydrogens is 208 g/mol. The van der Waals surface area contributed by atoms with Crippen LogP contribution in [0.25, 0.3) is 0 Å². The highest BCUT2D eigenvalue weighted by Gasteiger charge is 2.19. The first kappa shape index (κ1) is 13.4. The maximum Gasteiger partial charge on any atom is 0.00682 e. The molecule has 0 spiro atoms. The fourth-order valence-corrected chi connectivity index (χ4v) is 2.77. The van der Waals surface area contributed by atoms with E-state index in [0.717, 1.165) is 6.04 Å². The highest BCUT2D eigenvalue weighted by molar-refractivity contribution is 4.80. The summed E-state index contributed by atoms with van der Waals surface area (Å²) >= 11 is 0. The van der Waals surface area contributed by atoms with E-state index in [9.17, 15) is 0 Å². The van der Waals surface area contributed by atoms with Gasteiger partial charge in [0, 0.05) is 6.04 Å². The Bertz CT molecular complexity index is 181. The van der Waals surface area contributed by atoms with Gasteiger partial charge in [0.05, 0.1) is 0 Å². The molecule has 2 heteroatoms. The fourth-order valence-electron chi connectivity index (χ4n) is 2.77.